The van der Waals surface area contributed by atoms with Gasteiger partial charge < -0.3 is 10.2 Å². The summed E-state index contributed by atoms with van der Waals surface area (Å²) >= 11 is 7.66. The molecular weight excluding hydrogens is 303 g/mol. The van der Waals surface area contributed by atoms with Gasteiger partial charge in [-0.1, -0.05) is 18.5 Å². The lowest BCUT2D eigenvalue weighted by Crippen LogP contribution is -2.41. The summed E-state index contributed by atoms with van der Waals surface area (Å²) in [5.74, 6) is 0.0913. The van der Waals surface area contributed by atoms with Gasteiger partial charge in [0.15, 0.2) is 0 Å². The fourth-order valence-electron chi connectivity index (χ4n) is 2.30. The van der Waals surface area contributed by atoms with Crippen molar-refractivity contribution >= 4 is 41.3 Å². The Balaban J connectivity index is 0.00000180. The Morgan fingerprint density at radius 2 is 2.37 bits per heavy atom. The van der Waals surface area contributed by atoms with Gasteiger partial charge >= 0.3 is 0 Å². The highest BCUT2D eigenvalue weighted by Crippen LogP contribution is 2.29. The van der Waals surface area contributed by atoms with Crippen LogP contribution < -0.4 is 5.32 Å². The van der Waals surface area contributed by atoms with E-state index >= 15 is 0 Å². The molecule has 0 aromatic carbocycles. The largest absolute Gasteiger partial charge is 0.334 e. The predicted molar refractivity (Wildman–Crippen MR) is 83.9 cm³/mol. The molecule has 1 amide bonds. The van der Waals surface area contributed by atoms with Crippen LogP contribution in [-0.2, 0) is 0 Å². The number of nitrogens with one attached hydrogen (secondary N) is 1. The van der Waals surface area contributed by atoms with Gasteiger partial charge in [-0.2, -0.15) is 0 Å². The van der Waals surface area contributed by atoms with E-state index in [4.69, 9.17) is 11.6 Å². The molecule has 6 heteroatoms. The van der Waals surface area contributed by atoms with Crippen molar-refractivity contribution in [1.29, 1.82) is 0 Å². The molecule has 1 aromatic rings. The van der Waals surface area contributed by atoms with Crippen LogP contribution in [0.2, 0.25) is 5.02 Å². The first-order valence-corrected chi connectivity index (χ1v) is 7.66. The Morgan fingerprint density at radius 3 is 2.84 bits per heavy atom. The zero-order valence-electron chi connectivity index (χ0n) is 11.2. The maximum absolute atomic E-state index is 12.6. The molecule has 1 fully saturated rings. The van der Waals surface area contributed by atoms with Crippen LogP contribution in [0.3, 0.4) is 0 Å². The molecule has 1 saturated heterocycles. The molecule has 2 heterocycles. The lowest BCUT2D eigenvalue weighted by Gasteiger charge is -2.27. The van der Waals surface area contributed by atoms with Crippen LogP contribution in [-0.4, -0.2) is 36.5 Å². The van der Waals surface area contributed by atoms with E-state index in [1.807, 2.05) is 17.2 Å². The molecule has 0 saturated carbocycles. The number of amides is 1. The third-order valence-corrected chi connectivity index (χ3v) is 4.98. The fourth-order valence-corrected chi connectivity index (χ4v) is 3.53. The minimum atomic E-state index is 0. The van der Waals surface area contributed by atoms with Crippen molar-refractivity contribution in [3.05, 3.63) is 20.8 Å². The van der Waals surface area contributed by atoms with Crippen LogP contribution in [0.1, 0.15) is 35.0 Å². The summed E-state index contributed by atoms with van der Waals surface area (Å²) in [7, 11) is 0. The molecule has 0 radical (unpaired) electrons. The summed E-state index contributed by atoms with van der Waals surface area (Å²) in [6.07, 6.45) is 2.01. The van der Waals surface area contributed by atoms with Gasteiger partial charge in [-0.25, -0.2) is 0 Å². The molecule has 0 bridgehead atoms. The molecule has 1 aliphatic rings. The zero-order chi connectivity index (χ0) is 13.1. The number of nitrogens with zero attached hydrogens (tertiary/aromatic N) is 1. The minimum absolute atomic E-state index is 0. The Kier molecular flexibility index (Phi) is 6.60. The number of thiophene rings is 1. The Hall–Kier alpha value is -0.290. The van der Waals surface area contributed by atoms with Crippen molar-refractivity contribution in [3.8, 4) is 0 Å². The molecule has 1 aliphatic heterocycles. The van der Waals surface area contributed by atoms with E-state index in [2.05, 4.69) is 12.2 Å². The summed E-state index contributed by atoms with van der Waals surface area (Å²) in [5, 5.41) is 5.89. The second-order valence-electron chi connectivity index (χ2n) is 4.71. The second kappa shape index (κ2) is 7.48. The molecule has 19 heavy (non-hydrogen) atoms. The number of rotatable bonds is 4. The quantitative estimate of drug-likeness (QED) is 0.922. The molecular formula is C13H20Cl2N2OS. The van der Waals surface area contributed by atoms with Gasteiger partial charge in [0.05, 0.1) is 5.02 Å². The van der Waals surface area contributed by atoms with Gasteiger partial charge in [-0.05, 0) is 37.3 Å². The van der Waals surface area contributed by atoms with Crippen LogP contribution >= 0.6 is 35.3 Å². The molecule has 108 valence electrons. The highest BCUT2D eigenvalue weighted by Gasteiger charge is 2.28. The SMILES string of the molecule is CCCN(C(=O)c1scc(C)c1Cl)C1CCNC1.Cl. The standard InChI is InChI=1S/C13H19ClN2OS.ClH/c1-3-6-16(10-4-5-15-7-10)13(17)12-11(14)9(2)8-18-12;/h8,10,15H,3-7H2,1-2H3;1H. The lowest BCUT2D eigenvalue weighted by atomic mass is 10.2. The molecule has 2 rings (SSSR count). The fraction of sp³-hybridized carbons (Fsp3) is 0.615. The van der Waals surface area contributed by atoms with Crippen LogP contribution in [0.4, 0.5) is 0 Å². The lowest BCUT2D eigenvalue weighted by molar-refractivity contribution is 0.0697. The summed E-state index contributed by atoms with van der Waals surface area (Å²) in [6, 6.07) is 0.316. The molecule has 3 nitrogen and oxygen atoms in total. The highest BCUT2D eigenvalue weighted by molar-refractivity contribution is 7.13. The molecule has 1 unspecified atom stereocenters. The van der Waals surface area contributed by atoms with Gasteiger partial charge in [-0.3, -0.25) is 4.79 Å². The van der Waals surface area contributed by atoms with Crippen LogP contribution in [0.5, 0.6) is 0 Å². The van der Waals surface area contributed by atoms with E-state index in [1.165, 1.54) is 11.3 Å². The molecule has 0 spiro atoms. The van der Waals surface area contributed by atoms with E-state index in [0.717, 1.165) is 38.0 Å². The Morgan fingerprint density at radius 1 is 1.63 bits per heavy atom. The van der Waals surface area contributed by atoms with Crippen molar-refractivity contribution < 1.29 is 4.79 Å². The number of hydrogen-bond acceptors (Lipinski definition) is 3. The van der Waals surface area contributed by atoms with Crippen molar-refractivity contribution in [1.82, 2.24) is 10.2 Å². The van der Waals surface area contributed by atoms with Gasteiger partial charge in [0, 0.05) is 19.1 Å². The molecule has 0 aliphatic carbocycles. The highest BCUT2D eigenvalue weighted by atomic mass is 35.5. The van der Waals surface area contributed by atoms with Crippen molar-refractivity contribution in [2.24, 2.45) is 0 Å². The van der Waals surface area contributed by atoms with E-state index in [0.29, 0.717) is 15.9 Å². The summed E-state index contributed by atoms with van der Waals surface area (Å²) in [5.41, 5.74) is 0.992. The predicted octanol–water partition coefficient (Wildman–Crippen LogP) is 3.35. The summed E-state index contributed by atoms with van der Waals surface area (Å²) in [4.78, 5) is 15.3. The smallest absolute Gasteiger partial charge is 0.265 e. The van der Waals surface area contributed by atoms with E-state index in [9.17, 15) is 4.79 Å². The zero-order valence-corrected chi connectivity index (χ0v) is 13.6. The van der Waals surface area contributed by atoms with E-state index < -0.39 is 0 Å². The Labute approximate surface area is 129 Å². The maximum atomic E-state index is 12.6. The number of carbonyl (C=O) groups excluding carboxylic acids is 1. The summed E-state index contributed by atoms with van der Waals surface area (Å²) in [6.45, 7) is 6.74. The average Bonchev–Trinajstić information content (AvgIpc) is 2.98. The summed E-state index contributed by atoms with van der Waals surface area (Å²) < 4.78 is 0. The first kappa shape index (κ1) is 16.8. The van der Waals surface area contributed by atoms with Gasteiger partial charge in [0.2, 0.25) is 0 Å². The topological polar surface area (TPSA) is 32.3 Å². The van der Waals surface area contributed by atoms with Gasteiger partial charge in [0.25, 0.3) is 5.91 Å². The molecule has 1 atom stereocenters. The van der Waals surface area contributed by atoms with Crippen molar-refractivity contribution in [2.45, 2.75) is 32.7 Å². The Bertz CT molecular complexity index is 430. The van der Waals surface area contributed by atoms with Crippen molar-refractivity contribution in [3.63, 3.8) is 0 Å². The average molecular weight is 323 g/mol. The number of carbonyl (C=O) groups is 1. The van der Waals surface area contributed by atoms with E-state index in [1.54, 1.807) is 0 Å². The monoisotopic (exact) mass is 322 g/mol. The van der Waals surface area contributed by atoms with Crippen LogP contribution in [0, 0.1) is 6.92 Å². The first-order chi connectivity index (χ1) is 8.65. The third kappa shape index (κ3) is 3.63. The maximum Gasteiger partial charge on any atom is 0.265 e. The second-order valence-corrected chi connectivity index (χ2v) is 5.96. The molecule has 1 aromatic heterocycles. The minimum Gasteiger partial charge on any atom is -0.334 e. The van der Waals surface area contributed by atoms with Crippen LogP contribution in [0.15, 0.2) is 5.38 Å². The van der Waals surface area contributed by atoms with Crippen molar-refractivity contribution in [2.75, 3.05) is 19.6 Å². The molecule has 1 N–H and O–H groups in total. The number of hydrogen-bond donors (Lipinski definition) is 1. The van der Waals surface area contributed by atoms with Crippen LogP contribution in [0.25, 0.3) is 0 Å². The van der Waals surface area contributed by atoms with Gasteiger partial charge in [0.1, 0.15) is 4.88 Å². The first-order valence-electron chi connectivity index (χ1n) is 6.40. The van der Waals surface area contributed by atoms with Gasteiger partial charge in [-0.15, -0.1) is 23.7 Å². The third-order valence-electron chi connectivity index (χ3n) is 3.29. The normalized spacial score (nSPS) is 18.2. The van der Waals surface area contributed by atoms with E-state index in [-0.39, 0.29) is 18.3 Å². The number of halogens is 2. The number of aryl methyl sites for hydroxylation is 1.